The third-order valence-corrected chi connectivity index (χ3v) is 6.65. The van der Waals surface area contributed by atoms with Crippen LogP contribution >= 0.6 is 15.9 Å². The van der Waals surface area contributed by atoms with Gasteiger partial charge in [0.2, 0.25) is 21.8 Å². The van der Waals surface area contributed by atoms with Crippen molar-refractivity contribution < 1.29 is 18.0 Å². The minimum atomic E-state index is -3.73. The first kappa shape index (κ1) is 25.9. The summed E-state index contributed by atoms with van der Waals surface area (Å²) in [7, 11) is -3.73. The van der Waals surface area contributed by atoms with Crippen molar-refractivity contribution in [1.82, 2.24) is 10.2 Å². The van der Waals surface area contributed by atoms with Gasteiger partial charge in [-0.3, -0.25) is 13.9 Å². The Morgan fingerprint density at radius 3 is 2.19 bits per heavy atom. The SMILES string of the molecule is CCCNC(=O)[C@@H](C)N(Cc1ccc(C)cc1)C(=O)CN(c1ccc(Br)cc1)S(C)(=O)=O. The van der Waals surface area contributed by atoms with Gasteiger partial charge in [0.15, 0.2) is 0 Å². The van der Waals surface area contributed by atoms with E-state index in [9.17, 15) is 18.0 Å². The van der Waals surface area contributed by atoms with Crippen LogP contribution in [-0.2, 0) is 26.2 Å². The number of hydrogen-bond donors (Lipinski definition) is 1. The van der Waals surface area contributed by atoms with Crippen LogP contribution in [-0.4, -0.2) is 50.5 Å². The van der Waals surface area contributed by atoms with Gasteiger partial charge in [-0.1, -0.05) is 52.7 Å². The molecule has 0 aliphatic heterocycles. The van der Waals surface area contributed by atoms with Gasteiger partial charge in [-0.15, -0.1) is 0 Å². The zero-order chi connectivity index (χ0) is 23.9. The van der Waals surface area contributed by atoms with Gasteiger partial charge in [0.25, 0.3) is 0 Å². The molecule has 1 atom stereocenters. The summed E-state index contributed by atoms with van der Waals surface area (Å²) in [6, 6.07) is 13.6. The highest BCUT2D eigenvalue weighted by Gasteiger charge is 2.29. The Kier molecular flexibility index (Phi) is 9.27. The molecule has 1 N–H and O–H groups in total. The van der Waals surface area contributed by atoms with Crippen LogP contribution in [0.2, 0.25) is 0 Å². The summed E-state index contributed by atoms with van der Waals surface area (Å²) < 4.78 is 26.8. The molecule has 0 unspecified atom stereocenters. The number of nitrogens with one attached hydrogen (secondary N) is 1. The van der Waals surface area contributed by atoms with E-state index in [1.165, 1.54) is 4.90 Å². The van der Waals surface area contributed by atoms with Crippen LogP contribution in [0.5, 0.6) is 0 Å². The molecule has 0 spiro atoms. The topological polar surface area (TPSA) is 86.8 Å². The van der Waals surface area contributed by atoms with E-state index < -0.39 is 28.5 Å². The molecule has 2 amide bonds. The van der Waals surface area contributed by atoms with E-state index >= 15 is 0 Å². The number of sulfonamides is 1. The first-order chi connectivity index (χ1) is 15.0. The van der Waals surface area contributed by atoms with Crippen LogP contribution in [0.25, 0.3) is 0 Å². The minimum absolute atomic E-state index is 0.192. The van der Waals surface area contributed by atoms with Gasteiger partial charge >= 0.3 is 0 Å². The van der Waals surface area contributed by atoms with Crippen molar-refractivity contribution in [3.05, 3.63) is 64.1 Å². The molecule has 0 aliphatic carbocycles. The molecule has 2 aromatic rings. The summed E-state index contributed by atoms with van der Waals surface area (Å²) in [6.07, 6.45) is 1.83. The Labute approximate surface area is 199 Å². The highest BCUT2D eigenvalue weighted by atomic mass is 79.9. The quantitative estimate of drug-likeness (QED) is 0.516. The maximum atomic E-state index is 13.4. The number of amides is 2. The van der Waals surface area contributed by atoms with E-state index in [2.05, 4.69) is 21.2 Å². The van der Waals surface area contributed by atoms with Gasteiger partial charge in [-0.2, -0.15) is 0 Å². The summed E-state index contributed by atoms with van der Waals surface area (Å²) >= 11 is 3.33. The zero-order valence-electron chi connectivity index (χ0n) is 18.8. The average molecular weight is 524 g/mol. The predicted octanol–water partition coefficient (Wildman–Crippen LogP) is 3.47. The molecule has 0 heterocycles. The number of rotatable bonds is 10. The minimum Gasteiger partial charge on any atom is -0.354 e. The standard InChI is InChI=1S/C23H30BrN3O4S/c1-5-14-25-23(29)18(3)26(15-19-8-6-17(2)7-9-19)22(28)16-27(32(4,30)31)21-12-10-20(24)11-13-21/h6-13,18H,5,14-16H2,1-4H3,(H,25,29)/t18-/m1/s1. The molecule has 0 radical (unpaired) electrons. The summed E-state index contributed by atoms with van der Waals surface area (Å²) in [5, 5.41) is 2.81. The van der Waals surface area contributed by atoms with Crippen molar-refractivity contribution >= 4 is 43.5 Å². The molecule has 32 heavy (non-hydrogen) atoms. The Hall–Kier alpha value is -2.39. The zero-order valence-corrected chi connectivity index (χ0v) is 21.2. The van der Waals surface area contributed by atoms with Crippen LogP contribution < -0.4 is 9.62 Å². The molecule has 9 heteroatoms. The van der Waals surface area contributed by atoms with E-state index in [4.69, 9.17) is 0 Å². The number of halogens is 1. The number of anilines is 1. The largest absolute Gasteiger partial charge is 0.354 e. The van der Waals surface area contributed by atoms with Crippen molar-refractivity contribution in [3.8, 4) is 0 Å². The fourth-order valence-electron chi connectivity index (χ4n) is 3.09. The van der Waals surface area contributed by atoms with E-state index in [1.54, 1.807) is 31.2 Å². The van der Waals surface area contributed by atoms with Gasteiger partial charge < -0.3 is 10.2 Å². The van der Waals surface area contributed by atoms with Crippen LogP contribution in [0.15, 0.2) is 53.0 Å². The maximum Gasteiger partial charge on any atom is 0.244 e. The molecule has 0 saturated carbocycles. The first-order valence-electron chi connectivity index (χ1n) is 10.4. The second-order valence-electron chi connectivity index (χ2n) is 7.72. The van der Waals surface area contributed by atoms with E-state index in [0.717, 1.165) is 32.6 Å². The Bertz CT molecular complexity index is 1020. The highest BCUT2D eigenvalue weighted by Crippen LogP contribution is 2.21. The van der Waals surface area contributed by atoms with E-state index in [1.807, 2.05) is 38.1 Å². The second kappa shape index (κ2) is 11.5. The normalized spacial score (nSPS) is 12.2. The number of carbonyl (C=O) groups excluding carboxylic acids is 2. The molecule has 2 rings (SSSR count). The van der Waals surface area contributed by atoms with Gasteiger partial charge in [-0.05, 0) is 50.1 Å². The smallest absolute Gasteiger partial charge is 0.244 e. The van der Waals surface area contributed by atoms with Gasteiger partial charge in [0.1, 0.15) is 12.6 Å². The molecule has 2 aromatic carbocycles. The van der Waals surface area contributed by atoms with Gasteiger partial charge in [-0.25, -0.2) is 8.42 Å². The summed E-state index contributed by atoms with van der Waals surface area (Å²) in [5.74, 6) is -0.736. The number of aryl methyl sites for hydroxylation is 1. The average Bonchev–Trinajstić information content (AvgIpc) is 2.74. The van der Waals surface area contributed by atoms with Crippen LogP contribution in [0.4, 0.5) is 5.69 Å². The van der Waals surface area contributed by atoms with Gasteiger partial charge in [0.05, 0.1) is 11.9 Å². The highest BCUT2D eigenvalue weighted by molar-refractivity contribution is 9.10. The Morgan fingerprint density at radius 1 is 1.06 bits per heavy atom. The molecular weight excluding hydrogens is 494 g/mol. The summed E-state index contributed by atoms with van der Waals surface area (Å²) in [5.41, 5.74) is 2.31. The first-order valence-corrected chi connectivity index (χ1v) is 13.0. The number of benzene rings is 2. The molecule has 0 aliphatic rings. The van der Waals surface area contributed by atoms with E-state index in [-0.39, 0.29) is 12.5 Å². The lowest BCUT2D eigenvalue weighted by atomic mass is 10.1. The lowest BCUT2D eigenvalue weighted by molar-refractivity contribution is -0.139. The van der Waals surface area contributed by atoms with Crippen molar-refractivity contribution in [3.63, 3.8) is 0 Å². The predicted molar refractivity (Wildman–Crippen MR) is 131 cm³/mol. The van der Waals surface area contributed by atoms with Crippen LogP contribution in [0, 0.1) is 6.92 Å². The van der Waals surface area contributed by atoms with Crippen molar-refractivity contribution in [2.45, 2.75) is 39.8 Å². The monoisotopic (exact) mass is 523 g/mol. The third-order valence-electron chi connectivity index (χ3n) is 4.98. The fraction of sp³-hybridized carbons (Fsp3) is 0.391. The molecule has 174 valence electrons. The number of nitrogens with zero attached hydrogens (tertiary/aromatic N) is 2. The Morgan fingerprint density at radius 2 is 1.66 bits per heavy atom. The fourth-order valence-corrected chi connectivity index (χ4v) is 4.20. The maximum absolute atomic E-state index is 13.4. The number of carbonyl (C=O) groups is 2. The second-order valence-corrected chi connectivity index (χ2v) is 10.5. The van der Waals surface area contributed by atoms with Crippen molar-refractivity contribution in [1.29, 1.82) is 0 Å². The van der Waals surface area contributed by atoms with Gasteiger partial charge in [0, 0.05) is 17.6 Å². The lowest BCUT2D eigenvalue weighted by Gasteiger charge is -2.31. The van der Waals surface area contributed by atoms with Crippen LogP contribution in [0.1, 0.15) is 31.4 Å². The summed E-state index contributed by atoms with van der Waals surface area (Å²) in [6.45, 7) is 5.86. The van der Waals surface area contributed by atoms with Crippen LogP contribution in [0.3, 0.4) is 0 Å². The third kappa shape index (κ3) is 7.34. The molecule has 7 nitrogen and oxygen atoms in total. The Balaban J connectivity index is 2.34. The van der Waals surface area contributed by atoms with Crippen molar-refractivity contribution in [2.75, 3.05) is 23.7 Å². The number of hydrogen-bond acceptors (Lipinski definition) is 4. The molecule has 0 bridgehead atoms. The molecule has 0 fully saturated rings. The van der Waals surface area contributed by atoms with Crippen molar-refractivity contribution in [2.24, 2.45) is 0 Å². The van der Waals surface area contributed by atoms with E-state index in [0.29, 0.717) is 12.2 Å². The molecule has 0 aromatic heterocycles. The molecular formula is C23H30BrN3O4S. The lowest BCUT2D eigenvalue weighted by Crippen LogP contribution is -2.51. The summed E-state index contributed by atoms with van der Waals surface area (Å²) in [4.78, 5) is 27.4. The molecule has 0 saturated heterocycles.